The summed E-state index contributed by atoms with van der Waals surface area (Å²) in [6.07, 6.45) is 3.02. The van der Waals surface area contributed by atoms with Gasteiger partial charge in [-0.3, -0.25) is 25.0 Å². The molecular formula is C21H21N3O7. The lowest BCUT2D eigenvalue weighted by molar-refractivity contribution is -0.394. The summed E-state index contributed by atoms with van der Waals surface area (Å²) in [5.74, 6) is -1.25. The van der Waals surface area contributed by atoms with E-state index in [4.69, 9.17) is 4.74 Å². The van der Waals surface area contributed by atoms with Crippen molar-refractivity contribution in [2.24, 2.45) is 0 Å². The van der Waals surface area contributed by atoms with E-state index in [1.165, 1.54) is 0 Å². The number of hydrogen-bond donors (Lipinski definition) is 1. The van der Waals surface area contributed by atoms with Crippen LogP contribution in [0, 0.1) is 20.2 Å². The van der Waals surface area contributed by atoms with E-state index in [0.717, 1.165) is 37.5 Å². The van der Waals surface area contributed by atoms with E-state index >= 15 is 0 Å². The van der Waals surface area contributed by atoms with Crippen molar-refractivity contribution in [2.45, 2.75) is 44.2 Å². The summed E-state index contributed by atoms with van der Waals surface area (Å²) in [7, 11) is 0. The number of esters is 1. The first kappa shape index (κ1) is 21.9. The zero-order chi connectivity index (χ0) is 22.4. The van der Waals surface area contributed by atoms with Crippen LogP contribution in [-0.2, 0) is 4.74 Å². The summed E-state index contributed by atoms with van der Waals surface area (Å²) >= 11 is 0. The first-order valence-electron chi connectivity index (χ1n) is 9.86. The summed E-state index contributed by atoms with van der Waals surface area (Å²) in [5.41, 5.74) is -1.03. The standard InChI is InChI=1S/C21H21N3O7/c25-20(16-12-11-15(23(27)28)13-18(16)24(29)30)22-17-9-5-2-6-10-19(17)31-21(26)14-7-3-1-4-8-14/h1,3-4,7-8,11-13,17,19H,2,5-6,9-10H2,(H,22,25)/t17-,19-/m1/s1. The van der Waals surface area contributed by atoms with Gasteiger partial charge in [-0.05, 0) is 37.5 Å². The number of amides is 1. The van der Waals surface area contributed by atoms with Crippen LogP contribution < -0.4 is 5.32 Å². The minimum Gasteiger partial charge on any atom is -0.457 e. The number of nitro benzene ring substituents is 2. The van der Waals surface area contributed by atoms with Crippen molar-refractivity contribution >= 4 is 23.3 Å². The number of rotatable bonds is 6. The third kappa shape index (κ3) is 5.41. The highest BCUT2D eigenvalue weighted by Crippen LogP contribution is 2.26. The zero-order valence-corrected chi connectivity index (χ0v) is 16.6. The van der Waals surface area contributed by atoms with E-state index in [-0.39, 0.29) is 5.56 Å². The van der Waals surface area contributed by atoms with E-state index in [9.17, 15) is 29.8 Å². The van der Waals surface area contributed by atoms with E-state index < -0.39 is 45.2 Å². The molecule has 1 N–H and O–H groups in total. The van der Waals surface area contributed by atoms with Gasteiger partial charge in [0.05, 0.1) is 27.5 Å². The van der Waals surface area contributed by atoms with Crippen LogP contribution in [0.3, 0.4) is 0 Å². The Morgan fingerprint density at radius 3 is 2.32 bits per heavy atom. The molecule has 10 nitrogen and oxygen atoms in total. The number of benzene rings is 2. The maximum absolute atomic E-state index is 12.8. The fourth-order valence-corrected chi connectivity index (χ4v) is 3.58. The van der Waals surface area contributed by atoms with Gasteiger partial charge in [0.1, 0.15) is 11.7 Å². The highest BCUT2D eigenvalue weighted by molar-refractivity contribution is 5.98. The molecule has 3 rings (SSSR count). The van der Waals surface area contributed by atoms with Crippen molar-refractivity contribution in [3.8, 4) is 0 Å². The van der Waals surface area contributed by atoms with E-state index in [0.29, 0.717) is 18.4 Å². The molecule has 2 atom stereocenters. The third-order valence-electron chi connectivity index (χ3n) is 5.17. The third-order valence-corrected chi connectivity index (χ3v) is 5.17. The highest BCUT2D eigenvalue weighted by atomic mass is 16.6. The fourth-order valence-electron chi connectivity index (χ4n) is 3.58. The predicted molar refractivity (Wildman–Crippen MR) is 110 cm³/mol. The Morgan fingerprint density at radius 2 is 1.65 bits per heavy atom. The number of ether oxygens (including phenoxy) is 1. The zero-order valence-electron chi connectivity index (χ0n) is 16.6. The Balaban J connectivity index is 1.80. The van der Waals surface area contributed by atoms with Gasteiger partial charge in [-0.15, -0.1) is 0 Å². The number of hydrogen-bond acceptors (Lipinski definition) is 7. The number of carbonyl (C=O) groups excluding carboxylic acids is 2. The molecule has 1 aliphatic carbocycles. The number of nitrogens with one attached hydrogen (secondary N) is 1. The minimum atomic E-state index is -0.831. The van der Waals surface area contributed by atoms with Crippen molar-refractivity contribution in [2.75, 3.05) is 0 Å². The number of carbonyl (C=O) groups is 2. The second-order valence-electron chi connectivity index (χ2n) is 7.24. The monoisotopic (exact) mass is 427 g/mol. The van der Waals surface area contributed by atoms with Gasteiger partial charge >= 0.3 is 5.97 Å². The molecular weight excluding hydrogens is 406 g/mol. The summed E-state index contributed by atoms with van der Waals surface area (Å²) in [4.78, 5) is 46.0. The van der Waals surface area contributed by atoms with Crippen LogP contribution in [0.5, 0.6) is 0 Å². The van der Waals surface area contributed by atoms with Crippen LogP contribution in [0.1, 0.15) is 52.8 Å². The number of non-ortho nitro benzene ring substituents is 1. The van der Waals surface area contributed by atoms with Crippen molar-refractivity contribution in [3.05, 3.63) is 79.9 Å². The first-order valence-corrected chi connectivity index (χ1v) is 9.86. The molecule has 10 heteroatoms. The lowest BCUT2D eigenvalue weighted by Crippen LogP contribution is -2.44. The van der Waals surface area contributed by atoms with E-state index in [2.05, 4.69) is 5.32 Å². The van der Waals surface area contributed by atoms with Crippen molar-refractivity contribution in [1.29, 1.82) is 0 Å². The number of nitrogens with zero attached hydrogens (tertiary/aromatic N) is 2. The summed E-state index contributed by atoms with van der Waals surface area (Å²) in [5, 5.41) is 25.0. The van der Waals surface area contributed by atoms with Gasteiger partial charge in [-0.1, -0.05) is 31.0 Å². The average molecular weight is 427 g/mol. The second kappa shape index (κ2) is 9.79. The minimum absolute atomic E-state index is 0.284. The second-order valence-corrected chi connectivity index (χ2v) is 7.24. The Hall–Kier alpha value is -3.82. The molecule has 0 unspecified atom stereocenters. The average Bonchev–Trinajstić information content (AvgIpc) is 2.98. The molecule has 0 aliphatic heterocycles. The van der Waals surface area contributed by atoms with Crippen molar-refractivity contribution < 1.29 is 24.2 Å². The van der Waals surface area contributed by atoms with Gasteiger partial charge < -0.3 is 10.1 Å². The quantitative estimate of drug-likeness (QED) is 0.320. The lowest BCUT2D eigenvalue weighted by Gasteiger charge is -2.26. The molecule has 2 aromatic carbocycles. The smallest absolute Gasteiger partial charge is 0.338 e. The predicted octanol–water partition coefficient (Wildman–Crippen LogP) is 3.79. The van der Waals surface area contributed by atoms with Gasteiger partial charge in [0.2, 0.25) is 0 Å². The van der Waals surface area contributed by atoms with E-state index in [1.54, 1.807) is 30.3 Å². The first-order chi connectivity index (χ1) is 14.9. The molecule has 0 radical (unpaired) electrons. The largest absolute Gasteiger partial charge is 0.457 e. The molecule has 162 valence electrons. The number of nitro groups is 2. The molecule has 2 aromatic rings. The molecule has 1 aliphatic rings. The van der Waals surface area contributed by atoms with Crippen LogP contribution in [-0.4, -0.2) is 33.9 Å². The Labute approximate surface area is 177 Å². The molecule has 0 bridgehead atoms. The van der Waals surface area contributed by atoms with E-state index in [1.807, 2.05) is 0 Å². The summed E-state index contributed by atoms with van der Waals surface area (Å²) in [6.45, 7) is 0. The van der Waals surface area contributed by atoms with Gasteiger partial charge in [0, 0.05) is 6.07 Å². The SMILES string of the molecule is O=C(O[C@@H]1CCCCC[C@H]1NC(=O)c1ccc([N+](=O)[O-])cc1[N+](=O)[O-])c1ccccc1. The topological polar surface area (TPSA) is 142 Å². The molecule has 0 spiro atoms. The summed E-state index contributed by atoms with van der Waals surface area (Å²) in [6, 6.07) is 10.8. The molecule has 0 heterocycles. The van der Waals surface area contributed by atoms with Gasteiger partial charge in [-0.2, -0.15) is 0 Å². The van der Waals surface area contributed by atoms with Crippen molar-refractivity contribution in [1.82, 2.24) is 5.32 Å². The molecule has 1 saturated carbocycles. The Kier molecular flexibility index (Phi) is 6.91. The van der Waals surface area contributed by atoms with Gasteiger partial charge in [0.25, 0.3) is 17.3 Å². The maximum atomic E-state index is 12.8. The molecule has 0 saturated heterocycles. The Bertz CT molecular complexity index is 994. The normalized spacial score (nSPS) is 18.5. The molecule has 1 amide bonds. The highest BCUT2D eigenvalue weighted by Gasteiger charge is 2.31. The maximum Gasteiger partial charge on any atom is 0.338 e. The van der Waals surface area contributed by atoms with Gasteiger partial charge in [0.15, 0.2) is 0 Å². The van der Waals surface area contributed by atoms with Crippen LogP contribution >= 0.6 is 0 Å². The molecule has 31 heavy (non-hydrogen) atoms. The van der Waals surface area contributed by atoms with Crippen LogP contribution in [0.2, 0.25) is 0 Å². The van der Waals surface area contributed by atoms with Crippen LogP contribution in [0.4, 0.5) is 11.4 Å². The van der Waals surface area contributed by atoms with Crippen LogP contribution in [0.15, 0.2) is 48.5 Å². The summed E-state index contributed by atoms with van der Waals surface area (Å²) < 4.78 is 5.66. The lowest BCUT2D eigenvalue weighted by atomic mass is 10.0. The van der Waals surface area contributed by atoms with Crippen molar-refractivity contribution in [3.63, 3.8) is 0 Å². The van der Waals surface area contributed by atoms with Crippen LogP contribution in [0.25, 0.3) is 0 Å². The molecule has 0 aromatic heterocycles. The fraction of sp³-hybridized carbons (Fsp3) is 0.333. The van der Waals surface area contributed by atoms with Gasteiger partial charge in [-0.25, -0.2) is 4.79 Å². The Morgan fingerprint density at radius 1 is 0.935 bits per heavy atom. The molecule has 1 fully saturated rings.